The zero-order valence-corrected chi connectivity index (χ0v) is 17.5. The van der Waals surface area contributed by atoms with E-state index in [4.69, 9.17) is 4.74 Å². The SMILES string of the molecule is FC(F)(F)c1ccc2c(c1)nnn2C1CCCN(Cc2cnc(N3CCOCC3)nc2)C1. The van der Waals surface area contributed by atoms with E-state index in [9.17, 15) is 13.2 Å². The van der Waals surface area contributed by atoms with E-state index in [1.54, 1.807) is 4.68 Å². The number of morpholine rings is 1. The molecular weight excluding hydrogens is 423 g/mol. The van der Waals surface area contributed by atoms with Gasteiger partial charge in [-0.2, -0.15) is 13.2 Å². The van der Waals surface area contributed by atoms with E-state index in [0.29, 0.717) is 25.3 Å². The van der Waals surface area contributed by atoms with Crippen LogP contribution < -0.4 is 4.90 Å². The molecule has 0 N–H and O–H groups in total. The van der Waals surface area contributed by atoms with Crippen LogP contribution in [-0.2, 0) is 17.5 Å². The van der Waals surface area contributed by atoms with Crippen molar-refractivity contribution >= 4 is 17.0 Å². The number of anilines is 1. The Hall–Kier alpha value is -2.79. The van der Waals surface area contributed by atoms with Gasteiger partial charge in [0.05, 0.1) is 30.3 Å². The van der Waals surface area contributed by atoms with Crippen LogP contribution in [-0.4, -0.2) is 69.3 Å². The van der Waals surface area contributed by atoms with Crippen molar-refractivity contribution in [2.45, 2.75) is 31.6 Å². The summed E-state index contributed by atoms with van der Waals surface area (Å²) in [4.78, 5) is 13.5. The summed E-state index contributed by atoms with van der Waals surface area (Å²) in [6, 6.07) is 3.68. The first-order chi connectivity index (χ1) is 15.5. The number of fused-ring (bicyclic) bond motifs is 1. The molecule has 0 bridgehead atoms. The molecule has 4 heterocycles. The second-order valence-electron chi connectivity index (χ2n) is 8.26. The number of piperidine rings is 1. The summed E-state index contributed by atoms with van der Waals surface area (Å²) in [7, 11) is 0. The fourth-order valence-corrected chi connectivity index (χ4v) is 4.38. The number of halogens is 3. The van der Waals surface area contributed by atoms with Gasteiger partial charge in [-0.15, -0.1) is 5.10 Å². The van der Waals surface area contributed by atoms with Crippen LogP contribution >= 0.6 is 0 Å². The maximum absolute atomic E-state index is 13.0. The van der Waals surface area contributed by atoms with Crippen molar-refractivity contribution in [1.82, 2.24) is 29.9 Å². The minimum Gasteiger partial charge on any atom is -0.378 e. The van der Waals surface area contributed by atoms with Gasteiger partial charge in [0.1, 0.15) is 5.52 Å². The van der Waals surface area contributed by atoms with E-state index in [1.807, 2.05) is 12.4 Å². The summed E-state index contributed by atoms with van der Waals surface area (Å²) >= 11 is 0. The van der Waals surface area contributed by atoms with Crippen LogP contribution in [0.15, 0.2) is 30.6 Å². The first-order valence-corrected chi connectivity index (χ1v) is 10.8. The van der Waals surface area contributed by atoms with Gasteiger partial charge >= 0.3 is 6.18 Å². The summed E-state index contributed by atoms with van der Waals surface area (Å²) in [5, 5.41) is 8.17. The topological polar surface area (TPSA) is 72.2 Å². The van der Waals surface area contributed by atoms with E-state index in [0.717, 1.165) is 62.7 Å². The van der Waals surface area contributed by atoms with Crippen LogP contribution in [0.3, 0.4) is 0 Å². The normalized spacial score (nSPS) is 20.7. The Labute approximate surface area is 183 Å². The van der Waals surface area contributed by atoms with Crippen LogP contribution in [0.5, 0.6) is 0 Å². The quantitative estimate of drug-likeness (QED) is 0.609. The van der Waals surface area contributed by atoms with Crippen molar-refractivity contribution in [1.29, 1.82) is 0 Å². The maximum atomic E-state index is 13.0. The van der Waals surface area contributed by atoms with Gasteiger partial charge in [0.15, 0.2) is 0 Å². The molecule has 0 aliphatic carbocycles. The summed E-state index contributed by atoms with van der Waals surface area (Å²) in [5.74, 6) is 0.723. The molecule has 32 heavy (non-hydrogen) atoms. The van der Waals surface area contributed by atoms with Crippen molar-refractivity contribution in [3.8, 4) is 0 Å². The number of nitrogens with zero attached hydrogens (tertiary/aromatic N) is 7. The van der Waals surface area contributed by atoms with Gasteiger partial charge in [-0.3, -0.25) is 4.90 Å². The molecule has 2 aromatic heterocycles. The molecule has 170 valence electrons. The van der Waals surface area contributed by atoms with Gasteiger partial charge in [-0.1, -0.05) is 5.21 Å². The lowest BCUT2D eigenvalue weighted by Crippen LogP contribution is -2.37. The first-order valence-electron chi connectivity index (χ1n) is 10.8. The molecule has 1 atom stereocenters. The molecule has 3 aromatic rings. The number of ether oxygens (including phenoxy) is 1. The Balaban J connectivity index is 1.26. The fourth-order valence-electron chi connectivity index (χ4n) is 4.38. The lowest BCUT2D eigenvalue weighted by Gasteiger charge is -2.32. The van der Waals surface area contributed by atoms with Gasteiger partial charge in [-0.05, 0) is 37.6 Å². The standard InChI is InChI=1S/C21H24F3N7O/c22-21(23,24)16-3-4-19-18(10-16)27-28-31(19)17-2-1-5-29(14-17)13-15-11-25-20(26-12-15)30-6-8-32-9-7-30/h3-4,10-12,17H,1-2,5-9,13-14H2. The summed E-state index contributed by atoms with van der Waals surface area (Å²) in [6.07, 6.45) is 1.22. The summed E-state index contributed by atoms with van der Waals surface area (Å²) < 4.78 is 46.1. The Kier molecular flexibility index (Phi) is 5.68. The Morgan fingerprint density at radius 1 is 1.06 bits per heavy atom. The average molecular weight is 447 g/mol. The lowest BCUT2D eigenvalue weighted by atomic mass is 10.0. The fraction of sp³-hybridized carbons (Fsp3) is 0.524. The molecule has 5 rings (SSSR count). The number of hydrogen-bond acceptors (Lipinski definition) is 7. The zero-order chi connectivity index (χ0) is 22.1. The highest BCUT2D eigenvalue weighted by molar-refractivity contribution is 5.75. The van der Waals surface area contributed by atoms with E-state index in [1.165, 1.54) is 6.07 Å². The average Bonchev–Trinajstić information content (AvgIpc) is 3.23. The highest BCUT2D eigenvalue weighted by atomic mass is 19.4. The number of aromatic nitrogens is 5. The third-order valence-electron chi connectivity index (χ3n) is 6.02. The number of likely N-dealkylation sites (tertiary alicyclic amines) is 1. The first kappa shape index (κ1) is 21.1. The predicted octanol–water partition coefficient (Wildman–Crippen LogP) is 2.91. The van der Waals surface area contributed by atoms with Gasteiger partial charge in [0.2, 0.25) is 5.95 Å². The molecule has 1 unspecified atom stereocenters. The van der Waals surface area contributed by atoms with Crippen LogP contribution in [0, 0.1) is 0 Å². The van der Waals surface area contributed by atoms with Crippen LogP contribution in [0.25, 0.3) is 11.0 Å². The van der Waals surface area contributed by atoms with Gasteiger partial charge in [0.25, 0.3) is 0 Å². The van der Waals surface area contributed by atoms with Gasteiger partial charge in [-0.25, -0.2) is 14.6 Å². The van der Waals surface area contributed by atoms with E-state index in [-0.39, 0.29) is 11.6 Å². The largest absolute Gasteiger partial charge is 0.416 e. The van der Waals surface area contributed by atoms with Crippen LogP contribution in [0.2, 0.25) is 0 Å². The van der Waals surface area contributed by atoms with Crippen molar-refractivity contribution in [2.24, 2.45) is 0 Å². The van der Waals surface area contributed by atoms with Crippen molar-refractivity contribution in [3.05, 3.63) is 41.7 Å². The minimum atomic E-state index is -4.39. The highest BCUT2D eigenvalue weighted by Gasteiger charge is 2.31. The number of benzene rings is 1. The van der Waals surface area contributed by atoms with Crippen molar-refractivity contribution in [3.63, 3.8) is 0 Å². The smallest absolute Gasteiger partial charge is 0.378 e. The second kappa shape index (κ2) is 8.62. The van der Waals surface area contributed by atoms with Gasteiger partial charge < -0.3 is 9.64 Å². The lowest BCUT2D eigenvalue weighted by molar-refractivity contribution is -0.137. The molecule has 1 aromatic carbocycles. The third-order valence-corrected chi connectivity index (χ3v) is 6.02. The molecular formula is C21H24F3N7O. The molecule has 2 saturated heterocycles. The van der Waals surface area contributed by atoms with E-state index >= 15 is 0 Å². The third kappa shape index (κ3) is 4.40. The number of rotatable bonds is 4. The summed E-state index contributed by atoms with van der Waals surface area (Å²) in [5.41, 5.74) is 1.22. The maximum Gasteiger partial charge on any atom is 0.416 e. The van der Waals surface area contributed by atoms with Crippen molar-refractivity contribution < 1.29 is 17.9 Å². The number of hydrogen-bond donors (Lipinski definition) is 0. The predicted molar refractivity (Wildman–Crippen MR) is 111 cm³/mol. The van der Waals surface area contributed by atoms with E-state index < -0.39 is 11.7 Å². The minimum absolute atomic E-state index is 0.0547. The molecule has 2 aliphatic rings. The molecule has 2 aliphatic heterocycles. The second-order valence-corrected chi connectivity index (χ2v) is 8.26. The summed E-state index contributed by atoms with van der Waals surface area (Å²) in [6.45, 7) is 5.36. The highest BCUT2D eigenvalue weighted by Crippen LogP contribution is 2.32. The molecule has 8 nitrogen and oxygen atoms in total. The van der Waals surface area contributed by atoms with E-state index in [2.05, 4.69) is 30.1 Å². The molecule has 0 amide bonds. The van der Waals surface area contributed by atoms with Crippen LogP contribution in [0.1, 0.15) is 30.0 Å². The number of alkyl halides is 3. The molecule has 0 radical (unpaired) electrons. The Morgan fingerprint density at radius 3 is 2.59 bits per heavy atom. The molecule has 2 fully saturated rings. The Morgan fingerprint density at radius 2 is 1.84 bits per heavy atom. The monoisotopic (exact) mass is 447 g/mol. The Bertz CT molecular complexity index is 1060. The van der Waals surface area contributed by atoms with Gasteiger partial charge in [0, 0.05) is 44.1 Å². The zero-order valence-electron chi connectivity index (χ0n) is 17.5. The molecule has 0 spiro atoms. The van der Waals surface area contributed by atoms with Crippen molar-refractivity contribution in [2.75, 3.05) is 44.3 Å². The molecule has 11 heteroatoms. The molecule has 0 saturated carbocycles. The van der Waals surface area contributed by atoms with Crippen LogP contribution in [0.4, 0.5) is 19.1 Å².